The zero-order chi connectivity index (χ0) is 11.7. The summed E-state index contributed by atoms with van der Waals surface area (Å²) >= 11 is 5.78. The molecule has 2 N–H and O–H groups in total. The molecular weight excluding hydrogens is 224 g/mol. The maximum absolute atomic E-state index is 12.1. The minimum Gasteiger partial charge on any atom is -0.337 e. The SMILES string of the molecule is CC1CN(C(=O)c2ccc(Cl)cc2)CC1N. The van der Waals surface area contributed by atoms with E-state index in [0.29, 0.717) is 23.0 Å². The highest BCUT2D eigenvalue weighted by Gasteiger charge is 2.30. The first-order valence-corrected chi connectivity index (χ1v) is 5.76. The fourth-order valence-corrected chi connectivity index (χ4v) is 2.06. The van der Waals surface area contributed by atoms with Crippen molar-refractivity contribution in [3.8, 4) is 0 Å². The third-order valence-corrected chi connectivity index (χ3v) is 3.30. The maximum atomic E-state index is 12.1. The van der Waals surface area contributed by atoms with Crippen LogP contribution in [0.3, 0.4) is 0 Å². The molecule has 0 aliphatic carbocycles. The van der Waals surface area contributed by atoms with Crippen molar-refractivity contribution in [1.29, 1.82) is 0 Å². The van der Waals surface area contributed by atoms with Crippen molar-refractivity contribution in [2.75, 3.05) is 13.1 Å². The van der Waals surface area contributed by atoms with Crippen LogP contribution in [0.2, 0.25) is 5.02 Å². The Labute approximate surface area is 100 Å². The molecule has 86 valence electrons. The van der Waals surface area contributed by atoms with Crippen molar-refractivity contribution in [2.24, 2.45) is 11.7 Å². The molecule has 0 radical (unpaired) electrons. The summed E-state index contributed by atoms with van der Waals surface area (Å²) in [5.41, 5.74) is 6.57. The van der Waals surface area contributed by atoms with E-state index in [2.05, 4.69) is 6.92 Å². The quantitative estimate of drug-likeness (QED) is 0.811. The van der Waals surface area contributed by atoms with Crippen molar-refractivity contribution in [2.45, 2.75) is 13.0 Å². The lowest BCUT2D eigenvalue weighted by molar-refractivity contribution is 0.0787. The summed E-state index contributed by atoms with van der Waals surface area (Å²) in [6.45, 7) is 3.45. The molecule has 0 bridgehead atoms. The lowest BCUT2D eigenvalue weighted by atomic mass is 10.1. The number of carbonyl (C=O) groups is 1. The van der Waals surface area contributed by atoms with Crippen molar-refractivity contribution in [1.82, 2.24) is 4.90 Å². The average Bonchev–Trinajstić information content (AvgIpc) is 2.59. The molecule has 0 aromatic heterocycles. The minimum absolute atomic E-state index is 0.0384. The highest BCUT2D eigenvalue weighted by Crippen LogP contribution is 2.18. The Hall–Kier alpha value is -1.06. The molecule has 1 aromatic rings. The van der Waals surface area contributed by atoms with Gasteiger partial charge in [0.15, 0.2) is 0 Å². The summed E-state index contributed by atoms with van der Waals surface area (Å²) < 4.78 is 0. The number of nitrogens with zero attached hydrogens (tertiary/aromatic N) is 1. The van der Waals surface area contributed by atoms with Gasteiger partial charge < -0.3 is 10.6 Å². The molecule has 1 aliphatic rings. The number of likely N-dealkylation sites (tertiary alicyclic amines) is 1. The number of benzene rings is 1. The van der Waals surface area contributed by atoms with E-state index in [9.17, 15) is 4.79 Å². The predicted octanol–water partition coefficient (Wildman–Crippen LogP) is 1.76. The molecule has 0 saturated carbocycles. The molecule has 2 atom stereocenters. The molecule has 1 saturated heterocycles. The van der Waals surface area contributed by atoms with Crippen molar-refractivity contribution in [3.05, 3.63) is 34.9 Å². The zero-order valence-corrected chi connectivity index (χ0v) is 9.95. The van der Waals surface area contributed by atoms with Gasteiger partial charge in [0.25, 0.3) is 5.91 Å². The normalized spacial score (nSPS) is 24.8. The van der Waals surface area contributed by atoms with E-state index >= 15 is 0 Å². The van der Waals surface area contributed by atoms with Crippen molar-refractivity contribution >= 4 is 17.5 Å². The highest BCUT2D eigenvalue weighted by molar-refractivity contribution is 6.30. The number of carbonyl (C=O) groups excluding carboxylic acids is 1. The van der Waals surface area contributed by atoms with Crippen molar-refractivity contribution < 1.29 is 4.79 Å². The molecule has 1 heterocycles. The van der Waals surface area contributed by atoms with E-state index in [4.69, 9.17) is 17.3 Å². The van der Waals surface area contributed by atoms with Crippen LogP contribution in [0.5, 0.6) is 0 Å². The minimum atomic E-state index is 0.0384. The molecule has 2 rings (SSSR count). The number of nitrogens with two attached hydrogens (primary N) is 1. The molecule has 1 aliphatic heterocycles. The monoisotopic (exact) mass is 238 g/mol. The Balaban J connectivity index is 2.11. The van der Waals surface area contributed by atoms with E-state index in [0.717, 1.165) is 6.54 Å². The van der Waals surface area contributed by atoms with E-state index < -0.39 is 0 Å². The number of rotatable bonds is 1. The molecule has 16 heavy (non-hydrogen) atoms. The van der Waals surface area contributed by atoms with Gasteiger partial charge in [-0.25, -0.2) is 0 Å². The topological polar surface area (TPSA) is 46.3 Å². The number of hydrogen-bond donors (Lipinski definition) is 1. The summed E-state index contributed by atoms with van der Waals surface area (Å²) in [5.74, 6) is 0.410. The molecule has 1 fully saturated rings. The fraction of sp³-hybridized carbons (Fsp3) is 0.417. The second-order valence-corrected chi connectivity index (χ2v) is 4.79. The van der Waals surface area contributed by atoms with E-state index in [1.165, 1.54) is 0 Å². The summed E-state index contributed by atoms with van der Waals surface area (Å²) in [7, 11) is 0. The van der Waals surface area contributed by atoms with Crippen molar-refractivity contribution in [3.63, 3.8) is 0 Å². The van der Waals surface area contributed by atoms with Crippen LogP contribution in [-0.2, 0) is 0 Å². The number of hydrogen-bond acceptors (Lipinski definition) is 2. The molecule has 2 unspecified atom stereocenters. The van der Waals surface area contributed by atoms with Gasteiger partial charge in [0.05, 0.1) is 0 Å². The zero-order valence-electron chi connectivity index (χ0n) is 9.19. The van der Waals surface area contributed by atoms with Gasteiger partial charge in [-0.2, -0.15) is 0 Å². The third-order valence-electron chi connectivity index (χ3n) is 3.05. The summed E-state index contributed by atoms with van der Waals surface area (Å²) in [6.07, 6.45) is 0. The first-order chi connectivity index (χ1) is 7.58. The van der Waals surface area contributed by atoms with Crippen LogP contribution in [0.25, 0.3) is 0 Å². The Morgan fingerprint density at radius 1 is 1.38 bits per heavy atom. The second kappa shape index (κ2) is 4.44. The van der Waals surface area contributed by atoms with Crippen LogP contribution < -0.4 is 5.73 Å². The maximum Gasteiger partial charge on any atom is 0.253 e. The Bertz CT molecular complexity index is 381. The molecule has 4 heteroatoms. The molecule has 1 aromatic carbocycles. The highest BCUT2D eigenvalue weighted by atomic mass is 35.5. The first-order valence-electron chi connectivity index (χ1n) is 5.38. The molecular formula is C12H15ClN2O. The lowest BCUT2D eigenvalue weighted by Gasteiger charge is -2.15. The molecule has 0 spiro atoms. The van der Waals surface area contributed by atoms with Gasteiger partial charge in [-0.15, -0.1) is 0 Å². The van der Waals surface area contributed by atoms with Gasteiger partial charge in [-0.1, -0.05) is 18.5 Å². The van der Waals surface area contributed by atoms with Crippen LogP contribution in [0.15, 0.2) is 24.3 Å². The predicted molar refractivity (Wildman–Crippen MR) is 64.5 cm³/mol. The van der Waals surface area contributed by atoms with Crippen LogP contribution in [0.4, 0.5) is 0 Å². The van der Waals surface area contributed by atoms with E-state index in [-0.39, 0.29) is 11.9 Å². The lowest BCUT2D eigenvalue weighted by Crippen LogP contribution is -2.32. The van der Waals surface area contributed by atoms with Crippen LogP contribution in [0, 0.1) is 5.92 Å². The van der Waals surface area contributed by atoms with E-state index in [1.54, 1.807) is 29.2 Å². The summed E-state index contributed by atoms with van der Waals surface area (Å²) in [6, 6.07) is 7.05. The number of halogens is 1. The van der Waals surface area contributed by atoms with E-state index in [1.807, 2.05) is 0 Å². The summed E-state index contributed by atoms with van der Waals surface area (Å²) in [5, 5.41) is 0.642. The van der Waals surface area contributed by atoms with Crippen LogP contribution in [-0.4, -0.2) is 29.9 Å². The van der Waals surface area contributed by atoms with Gasteiger partial charge in [0.1, 0.15) is 0 Å². The van der Waals surface area contributed by atoms with Gasteiger partial charge in [0.2, 0.25) is 0 Å². The Morgan fingerprint density at radius 2 is 2.00 bits per heavy atom. The number of amides is 1. The van der Waals surface area contributed by atoms with Gasteiger partial charge >= 0.3 is 0 Å². The summed E-state index contributed by atoms with van der Waals surface area (Å²) in [4.78, 5) is 13.9. The Kier molecular flexibility index (Phi) is 3.17. The van der Waals surface area contributed by atoms with Gasteiger partial charge in [-0.05, 0) is 30.2 Å². The van der Waals surface area contributed by atoms with Crippen LogP contribution in [0.1, 0.15) is 17.3 Å². The second-order valence-electron chi connectivity index (χ2n) is 4.36. The fourth-order valence-electron chi connectivity index (χ4n) is 1.93. The first kappa shape index (κ1) is 11.4. The van der Waals surface area contributed by atoms with Gasteiger partial charge in [-0.3, -0.25) is 4.79 Å². The smallest absolute Gasteiger partial charge is 0.253 e. The third kappa shape index (κ3) is 2.20. The average molecular weight is 239 g/mol. The molecule has 1 amide bonds. The molecule has 3 nitrogen and oxygen atoms in total. The van der Waals surface area contributed by atoms with Crippen LogP contribution >= 0.6 is 11.6 Å². The standard InChI is InChI=1S/C12H15ClN2O/c1-8-6-15(7-11(8)14)12(16)9-2-4-10(13)5-3-9/h2-5,8,11H,6-7,14H2,1H3. The largest absolute Gasteiger partial charge is 0.337 e. The van der Waals surface area contributed by atoms with Gasteiger partial charge in [0, 0.05) is 29.7 Å². The Morgan fingerprint density at radius 3 is 2.50 bits per heavy atom.